The lowest BCUT2D eigenvalue weighted by atomic mass is 10.0. The molecule has 0 bridgehead atoms. The van der Waals surface area contributed by atoms with Crippen molar-refractivity contribution in [1.29, 1.82) is 0 Å². The highest BCUT2D eigenvalue weighted by molar-refractivity contribution is 8.00. The van der Waals surface area contributed by atoms with Gasteiger partial charge in [-0.15, -0.1) is 23.1 Å². The average molecular weight is 535 g/mol. The van der Waals surface area contributed by atoms with Crippen LogP contribution in [0.5, 0.6) is 0 Å². The summed E-state index contributed by atoms with van der Waals surface area (Å²) < 4.78 is 15.6. The van der Waals surface area contributed by atoms with Crippen molar-refractivity contribution in [3.8, 4) is 16.3 Å². The van der Waals surface area contributed by atoms with Gasteiger partial charge in [-0.3, -0.25) is 14.5 Å². The van der Waals surface area contributed by atoms with Gasteiger partial charge in [-0.05, 0) is 54.6 Å². The van der Waals surface area contributed by atoms with Crippen LogP contribution in [0.15, 0.2) is 66.0 Å². The molecule has 190 valence electrons. The summed E-state index contributed by atoms with van der Waals surface area (Å²) in [5, 5.41) is 9.64. The van der Waals surface area contributed by atoms with Gasteiger partial charge < -0.3 is 5.32 Å². The number of nitrogens with one attached hydrogen (secondary N) is 1. The van der Waals surface area contributed by atoms with Gasteiger partial charge in [0.2, 0.25) is 11.8 Å². The molecular weight excluding hydrogens is 507 g/mol. The van der Waals surface area contributed by atoms with Crippen molar-refractivity contribution in [3.05, 3.63) is 88.6 Å². The summed E-state index contributed by atoms with van der Waals surface area (Å²) in [6.07, 6.45) is 0.803. The number of aryl methyl sites for hydroxylation is 1. The highest BCUT2D eigenvalue weighted by Gasteiger charge is 2.37. The number of halogens is 1. The quantitative estimate of drug-likeness (QED) is 0.328. The van der Waals surface area contributed by atoms with Crippen molar-refractivity contribution in [2.24, 2.45) is 0 Å². The number of amides is 2. The molecule has 0 aliphatic carbocycles. The van der Waals surface area contributed by atoms with Crippen molar-refractivity contribution < 1.29 is 14.0 Å². The minimum absolute atomic E-state index is 0.107. The Morgan fingerprint density at radius 2 is 1.89 bits per heavy atom. The first-order valence-corrected chi connectivity index (χ1v) is 14.1. The number of hydrogen-bond acceptors (Lipinski definition) is 5. The van der Waals surface area contributed by atoms with Crippen LogP contribution in [0.2, 0.25) is 0 Å². The SMILES string of the molecule is CCCNC(=O)CN1C(=O)CSC(c2ccc(F)cc2)c2c(-c3cccs3)nn(-c3ccc(C)cc3)c21. The molecule has 0 radical (unpaired) electrons. The summed E-state index contributed by atoms with van der Waals surface area (Å²) >= 11 is 3.04. The Hall–Kier alpha value is -3.43. The molecule has 0 fully saturated rings. The van der Waals surface area contributed by atoms with Crippen molar-refractivity contribution >= 4 is 40.7 Å². The topological polar surface area (TPSA) is 67.2 Å². The van der Waals surface area contributed by atoms with Gasteiger partial charge in [0, 0.05) is 12.1 Å². The van der Waals surface area contributed by atoms with E-state index in [-0.39, 0.29) is 35.2 Å². The zero-order valence-corrected chi connectivity index (χ0v) is 22.2. The lowest BCUT2D eigenvalue weighted by Gasteiger charge is -2.23. The van der Waals surface area contributed by atoms with Crippen molar-refractivity contribution in [2.75, 3.05) is 23.7 Å². The van der Waals surface area contributed by atoms with Crippen molar-refractivity contribution in [1.82, 2.24) is 15.1 Å². The van der Waals surface area contributed by atoms with Gasteiger partial charge in [-0.1, -0.05) is 42.8 Å². The van der Waals surface area contributed by atoms with Crippen molar-refractivity contribution in [2.45, 2.75) is 25.5 Å². The minimum Gasteiger partial charge on any atom is -0.355 e. The summed E-state index contributed by atoms with van der Waals surface area (Å²) in [7, 11) is 0. The fraction of sp³-hybridized carbons (Fsp3) is 0.250. The maximum absolute atomic E-state index is 13.8. The molecule has 4 aromatic rings. The summed E-state index contributed by atoms with van der Waals surface area (Å²) in [6, 6.07) is 18.3. The molecule has 1 aliphatic rings. The van der Waals surface area contributed by atoms with Crippen LogP contribution in [0.25, 0.3) is 16.3 Å². The van der Waals surface area contributed by atoms with Crippen LogP contribution in [0.1, 0.15) is 35.3 Å². The van der Waals surface area contributed by atoms with Crippen LogP contribution < -0.4 is 10.2 Å². The van der Waals surface area contributed by atoms with E-state index in [4.69, 9.17) is 5.10 Å². The fourth-order valence-corrected chi connectivity index (χ4v) is 6.27. The Balaban J connectivity index is 1.76. The van der Waals surface area contributed by atoms with E-state index in [1.165, 1.54) is 23.9 Å². The first-order valence-electron chi connectivity index (χ1n) is 12.1. The number of benzene rings is 2. The van der Waals surface area contributed by atoms with E-state index < -0.39 is 0 Å². The zero-order valence-electron chi connectivity index (χ0n) is 20.6. The molecule has 5 rings (SSSR count). The molecule has 0 spiro atoms. The summed E-state index contributed by atoms with van der Waals surface area (Å²) in [4.78, 5) is 29.0. The lowest BCUT2D eigenvalue weighted by molar-refractivity contribution is -0.122. The third kappa shape index (κ3) is 5.19. The van der Waals surface area contributed by atoms with E-state index in [1.807, 2.05) is 55.6 Å². The number of carbonyl (C=O) groups is 2. The van der Waals surface area contributed by atoms with E-state index in [9.17, 15) is 14.0 Å². The van der Waals surface area contributed by atoms with Gasteiger partial charge in [-0.2, -0.15) is 5.10 Å². The minimum atomic E-state index is -0.318. The largest absolute Gasteiger partial charge is 0.355 e. The average Bonchev–Trinajstić information content (AvgIpc) is 3.53. The maximum Gasteiger partial charge on any atom is 0.240 e. The summed E-state index contributed by atoms with van der Waals surface area (Å²) in [5.41, 5.74) is 4.36. The molecule has 1 atom stereocenters. The Morgan fingerprint density at radius 3 is 2.57 bits per heavy atom. The molecule has 37 heavy (non-hydrogen) atoms. The van der Waals surface area contributed by atoms with Gasteiger partial charge in [0.05, 0.1) is 21.6 Å². The number of anilines is 1. The first-order chi connectivity index (χ1) is 18.0. The number of thiophene rings is 1. The second-order valence-electron chi connectivity index (χ2n) is 8.88. The highest BCUT2D eigenvalue weighted by Crippen LogP contribution is 2.49. The van der Waals surface area contributed by atoms with E-state index in [0.717, 1.165) is 39.4 Å². The third-order valence-corrected chi connectivity index (χ3v) is 8.30. The Bertz CT molecular complexity index is 1400. The number of thioether (sulfide) groups is 1. The highest BCUT2D eigenvalue weighted by atomic mass is 32.2. The van der Waals surface area contributed by atoms with Crippen LogP contribution in [0.3, 0.4) is 0 Å². The zero-order chi connectivity index (χ0) is 25.9. The molecule has 2 aromatic carbocycles. The predicted octanol–water partition coefficient (Wildman–Crippen LogP) is 5.74. The molecule has 0 saturated heterocycles. The van der Waals surface area contributed by atoms with Crippen LogP contribution in [0.4, 0.5) is 10.2 Å². The molecule has 0 saturated carbocycles. The van der Waals surface area contributed by atoms with Gasteiger partial charge in [-0.25, -0.2) is 9.07 Å². The molecule has 1 aliphatic heterocycles. The Labute approximate surface area is 223 Å². The first kappa shape index (κ1) is 25.2. The standard InChI is InChI=1S/C28H27FN4O2S2/c1-3-14-30-23(34)16-32-24(35)17-37-27(19-8-10-20(29)11-9-19)25-26(22-5-4-15-36-22)31-33(28(25)32)21-12-6-18(2)7-13-21/h4-13,15,27H,3,14,16-17H2,1-2H3,(H,30,34). The second kappa shape index (κ2) is 10.9. The van der Waals surface area contributed by atoms with Crippen molar-refractivity contribution in [3.63, 3.8) is 0 Å². The van der Waals surface area contributed by atoms with Crippen LogP contribution in [0, 0.1) is 12.7 Å². The molecule has 2 amide bonds. The number of aromatic nitrogens is 2. The van der Waals surface area contributed by atoms with E-state index in [1.54, 1.807) is 33.1 Å². The molecule has 9 heteroatoms. The van der Waals surface area contributed by atoms with Gasteiger partial charge in [0.15, 0.2) is 0 Å². The molecule has 2 aromatic heterocycles. The van der Waals surface area contributed by atoms with E-state index in [2.05, 4.69) is 5.32 Å². The number of carbonyl (C=O) groups excluding carboxylic acids is 2. The Kier molecular flexibility index (Phi) is 7.43. The van der Waals surface area contributed by atoms with E-state index in [0.29, 0.717) is 12.4 Å². The van der Waals surface area contributed by atoms with Gasteiger partial charge in [0.25, 0.3) is 0 Å². The fourth-order valence-electron chi connectivity index (χ4n) is 4.35. The molecule has 3 heterocycles. The smallest absolute Gasteiger partial charge is 0.240 e. The maximum atomic E-state index is 13.8. The number of hydrogen-bond donors (Lipinski definition) is 1. The van der Waals surface area contributed by atoms with Crippen LogP contribution in [-0.4, -0.2) is 40.4 Å². The van der Waals surface area contributed by atoms with E-state index >= 15 is 0 Å². The van der Waals surface area contributed by atoms with Gasteiger partial charge in [0.1, 0.15) is 23.9 Å². The molecule has 1 unspecified atom stereocenters. The monoisotopic (exact) mass is 534 g/mol. The number of nitrogens with zero attached hydrogens (tertiary/aromatic N) is 3. The summed E-state index contributed by atoms with van der Waals surface area (Å²) in [5.74, 6) is 0.0365. The Morgan fingerprint density at radius 1 is 1.14 bits per heavy atom. The number of rotatable bonds is 7. The second-order valence-corrected chi connectivity index (χ2v) is 10.9. The number of fused-ring (bicyclic) bond motifs is 1. The van der Waals surface area contributed by atoms with Crippen LogP contribution in [-0.2, 0) is 9.59 Å². The van der Waals surface area contributed by atoms with Crippen LogP contribution >= 0.6 is 23.1 Å². The lowest BCUT2D eigenvalue weighted by Crippen LogP contribution is -2.42. The molecule has 1 N–H and O–H groups in total. The molecular formula is C28H27FN4O2S2. The third-order valence-electron chi connectivity index (χ3n) is 6.17. The summed E-state index contributed by atoms with van der Waals surface area (Å²) in [6.45, 7) is 4.43. The normalized spacial score (nSPS) is 15.4. The van der Waals surface area contributed by atoms with Gasteiger partial charge >= 0.3 is 0 Å². The molecule has 6 nitrogen and oxygen atoms in total. The predicted molar refractivity (Wildman–Crippen MR) is 148 cm³/mol.